The SMILES string of the molecule is O=C(O)c1cccc(N2C(=O)[C@H]3[C@H](CC=C4[C@H]3C[C@@]3(Cl)C(=O)N(c5ccc(F)cc5)C(=O)[C@@]3(Cl)[C@H]4c3cc(Br)ccc3O)C2=O)c1. The van der Waals surface area contributed by atoms with Gasteiger partial charge < -0.3 is 10.2 Å². The molecular weight excluding hydrogens is 706 g/mol. The van der Waals surface area contributed by atoms with E-state index in [1.165, 1.54) is 42.5 Å². The average molecular weight is 728 g/mol. The largest absolute Gasteiger partial charge is 0.508 e. The zero-order valence-corrected chi connectivity index (χ0v) is 26.6. The van der Waals surface area contributed by atoms with Crippen LogP contribution in [-0.2, 0) is 19.2 Å². The van der Waals surface area contributed by atoms with E-state index in [9.17, 15) is 38.6 Å². The number of halogens is 4. The van der Waals surface area contributed by atoms with Gasteiger partial charge in [-0.25, -0.2) is 14.1 Å². The number of phenolic OH excluding ortho intramolecular Hbond substituents is 1. The van der Waals surface area contributed by atoms with Crippen molar-refractivity contribution in [2.24, 2.45) is 17.8 Å². The molecule has 3 aromatic carbocycles. The molecule has 234 valence electrons. The molecule has 0 spiro atoms. The smallest absolute Gasteiger partial charge is 0.335 e. The molecule has 7 rings (SSSR count). The first-order valence-corrected chi connectivity index (χ1v) is 15.8. The van der Waals surface area contributed by atoms with Gasteiger partial charge in [0.2, 0.25) is 11.8 Å². The molecule has 0 unspecified atom stereocenters. The van der Waals surface area contributed by atoms with E-state index in [1.807, 2.05) is 0 Å². The monoisotopic (exact) mass is 726 g/mol. The van der Waals surface area contributed by atoms with Crippen molar-refractivity contribution >= 4 is 80.1 Å². The minimum Gasteiger partial charge on any atom is -0.508 e. The number of carbonyl (C=O) groups excluding carboxylic acids is 4. The van der Waals surface area contributed by atoms with Gasteiger partial charge in [-0.05, 0) is 79.4 Å². The van der Waals surface area contributed by atoms with E-state index in [2.05, 4.69) is 15.9 Å². The standard InChI is InChI=1S/C33H22BrCl2FN2O7/c34-16-4-11-24(40)22(13-16)26-20-9-10-21-25(28(42)38(27(21)41)19-3-1-2-15(12-19)29(43)44)23(20)14-32(35)30(45)39(31(46)33(26,32)36)18-7-5-17(37)6-8-18/h1-9,11-13,21,23,25-26,40H,10,14H2,(H,43,44)/t21-,23+,25-,26+,32+,33-/m0/s1. The molecule has 9 nitrogen and oxygen atoms in total. The molecule has 2 N–H and O–H groups in total. The number of hydrogen-bond donors (Lipinski definition) is 2. The molecule has 4 aliphatic rings. The molecular formula is C33H22BrCl2FN2O7. The molecule has 4 amide bonds. The van der Waals surface area contributed by atoms with Crippen molar-refractivity contribution in [2.45, 2.75) is 28.5 Å². The van der Waals surface area contributed by atoms with Crippen LogP contribution in [0.1, 0.15) is 34.7 Å². The third-order valence-electron chi connectivity index (χ3n) is 9.55. The van der Waals surface area contributed by atoms with Crippen LogP contribution in [-0.4, -0.2) is 49.6 Å². The number of imide groups is 2. The van der Waals surface area contributed by atoms with Crippen LogP contribution in [0.15, 0.2) is 82.9 Å². The summed E-state index contributed by atoms with van der Waals surface area (Å²) in [6.45, 7) is 0. The van der Waals surface area contributed by atoms with Gasteiger partial charge in [-0.1, -0.05) is 33.6 Å². The van der Waals surface area contributed by atoms with Crippen molar-refractivity contribution in [1.29, 1.82) is 0 Å². The molecule has 2 aliphatic carbocycles. The maximum absolute atomic E-state index is 14.4. The number of aromatic carboxylic acids is 1. The van der Waals surface area contributed by atoms with Gasteiger partial charge in [-0.2, -0.15) is 0 Å². The molecule has 0 radical (unpaired) electrons. The first-order valence-electron chi connectivity index (χ1n) is 14.2. The molecule has 3 fully saturated rings. The van der Waals surface area contributed by atoms with E-state index >= 15 is 0 Å². The van der Waals surface area contributed by atoms with Gasteiger partial charge in [0.15, 0.2) is 9.75 Å². The van der Waals surface area contributed by atoms with Crippen LogP contribution >= 0.6 is 39.1 Å². The summed E-state index contributed by atoms with van der Waals surface area (Å²) in [5, 5.41) is 20.6. The van der Waals surface area contributed by atoms with Crippen LogP contribution < -0.4 is 9.80 Å². The number of alkyl halides is 2. The topological polar surface area (TPSA) is 132 Å². The van der Waals surface area contributed by atoms with Crippen molar-refractivity contribution < 1.29 is 38.6 Å². The third-order valence-corrected chi connectivity index (χ3v) is 11.5. The molecule has 3 aromatic rings. The van der Waals surface area contributed by atoms with Crippen LogP contribution in [0, 0.1) is 23.6 Å². The summed E-state index contributed by atoms with van der Waals surface area (Å²) >= 11 is 18.0. The Balaban J connectivity index is 1.40. The second-order valence-corrected chi connectivity index (χ2v) is 14.0. The van der Waals surface area contributed by atoms with Crippen LogP contribution in [0.25, 0.3) is 0 Å². The number of carbonyl (C=O) groups is 5. The lowest BCUT2D eigenvalue weighted by Crippen LogP contribution is -2.60. The fraction of sp³-hybridized carbons (Fsp3) is 0.242. The minimum atomic E-state index is -2.20. The summed E-state index contributed by atoms with van der Waals surface area (Å²) in [4.78, 5) is 65.7. The van der Waals surface area contributed by atoms with Gasteiger partial charge in [-0.3, -0.25) is 24.1 Å². The third kappa shape index (κ3) is 4.07. The van der Waals surface area contributed by atoms with Crippen LogP contribution in [0.2, 0.25) is 0 Å². The van der Waals surface area contributed by atoms with E-state index in [0.717, 1.165) is 21.9 Å². The highest BCUT2D eigenvalue weighted by Gasteiger charge is 2.77. The van der Waals surface area contributed by atoms with Crippen molar-refractivity contribution in [3.8, 4) is 5.75 Å². The lowest BCUT2D eigenvalue weighted by atomic mass is 9.56. The van der Waals surface area contributed by atoms with Gasteiger partial charge in [0.25, 0.3) is 11.8 Å². The summed E-state index contributed by atoms with van der Waals surface area (Å²) in [5.74, 6) is -8.98. The second-order valence-electron chi connectivity index (χ2n) is 11.8. The van der Waals surface area contributed by atoms with Crippen molar-refractivity contribution in [3.63, 3.8) is 0 Å². The number of carboxylic acid groups (broad SMARTS) is 1. The first-order chi connectivity index (χ1) is 21.8. The zero-order chi connectivity index (χ0) is 32.9. The number of benzene rings is 3. The van der Waals surface area contributed by atoms with E-state index in [1.54, 1.807) is 18.2 Å². The predicted octanol–water partition coefficient (Wildman–Crippen LogP) is 5.76. The lowest BCUT2D eigenvalue weighted by Gasteiger charge is -2.50. The summed E-state index contributed by atoms with van der Waals surface area (Å²) in [7, 11) is 0. The van der Waals surface area contributed by atoms with E-state index in [0.29, 0.717) is 10.0 Å². The van der Waals surface area contributed by atoms with E-state index < -0.39 is 68.8 Å². The lowest BCUT2D eigenvalue weighted by molar-refractivity contribution is -0.125. The van der Waals surface area contributed by atoms with Gasteiger partial charge >= 0.3 is 5.97 Å². The number of aromatic hydroxyl groups is 1. The Morgan fingerprint density at radius 1 is 0.891 bits per heavy atom. The Labute approximate surface area is 279 Å². The Bertz CT molecular complexity index is 1940. The molecule has 2 saturated heterocycles. The van der Waals surface area contributed by atoms with E-state index in [4.69, 9.17) is 23.2 Å². The molecule has 2 aliphatic heterocycles. The van der Waals surface area contributed by atoms with Crippen LogP contribution in [0.4, 0.5) is 15.8 Å². The number of fused-ring (bicyclic) bond motifs is 4. The van der Waals surface area contributed by atoms with Crippen LogP contribution in [0.5, 0.6) is 5.75 Å². The molecule has 1 saturated carbocycles. The quantitative estimate of drug-likeness (QED) is 0.199. The summed E-state index contributed by atoms with van der Waals surface area (Å²) in [6.07, 6.45) is 1.49. The number of phenols is 1. The molecule has 6 atom stereocenters. The highest BCUT2D eigenvalue weighted by molar-refractivity contribution is 9.10. The highest BCUT2D eigenvalue weighted by Crippen LogP contribution is 2.66. The first kappa shape index (κ1) is 30.6. The number of amides is 4. The fourth-order valence-corrected chi connectivity index (χ4v) is 8.84. The Morgan fingerprint density at radius 2 is 1.61 bits per heavy atom. The number of allylic oxidation sites excluding steroid dienone is 2. The van der Waals surface area contributed by atoms with Crippen molar-refractivity contribution in [2.75, 3.05) is 9.80 Å². The number of carboxylic acids is 1. The molecule has 0 aromatic heterocycles. The van der Waals surface area contributed by atoms with Crippen LogP contribution in [0.3, 0.4) is 0 Å². The number of anilines is 2. The van der Waals surface area contributed by atoms with Gasteiger partial charge in [0.1, 0.15) is 11.6 Å². The fourth-order valence-electron chi connectivity index (χ4n) is 7.53. The van der Waals surface area contributed by atoms with Gasteiger partial charge in [0.05, 0.1) is 28.8 Å². The number of hydrogen-bond acceptors (Lipinski definition) is 6. The van der Waals surface area contributed by atoms with E-state index in [-0.39, 0.29) is 41.1 Å². The van der Waals surface area contributed by atoms with Crippen molar-refractivity contribution in [1.82, 2.24) is 0 Å². The average Bonchev–Trinajstić information content (AvgIpc) is 3.37. The van der Waals surface area contributed by atoms with Gasteiger partial charge in [0, 0.05) is 16.0 Å². The zero-order valence-electron chi connectivity index (χ0n) is 23.5. The Kier molecular flexibility index (Phi) is 6.97. The number of rotatable bonds is 4. The van der Waals surface area contributed by atoms with Gasteiger partial charge in [-0.15, -0.1) is 23.2 Å². The predicted molar refractivity (Wildman–Crippen MR) is 168 cm³/mol. The summed E-state index contributed by atoms with van der Waals surface area (Å²) in [6, 6.07) is 14.7. The normalized spacial score (nSPS) is 30.2. The minimum absolute atomic E-state index is 0.0366. The Morgan fingerprint density at radius 3 is 2.30 bits per heavy atom. The second kappa shape index (κ2) is 10.5. The highest BCUT2D eigenvalue weighted by atomic mass is 79.9. The maximum Gasteiger partial charge on any atom is 0.335 e. The summed E-state index contributed by atoms with van der Waals surface area (Å²) < 4.78 is 14.3. The molecule has 46 heavy (non-hydrogen) atoms. The summed E-state index contributed by atoms with van der Waals surface area (Å²) in [5.41, 5.74) is 0.649. The Hall–Kier alpha value is -4.06. The maximum atomic E-state index is 14.4. The molecule has 13 heteroatoms. The number of nitrogens with zero attached hydrogens (tertiary/aromatic N) is 2. The molecule has 2 heterocycles. The molecule has 0 bridgehead atoms. The van der Waals surface area contributed by atoms with Crippen molar-refractivity contribution in [3.05, 3.63) is 99.8 Å².